The molecule has 2 fully saturated rings. The average molecular weight is 470 g/mol. The highest BCUT2D eigenvalue weighted by Gasteiger charge is 2.26. The zero-order chi connectivity index (χ0) is 16.7. The van der Waals surface area contributed by atoms with Gasteiger partial charge in [-0.05, 0) is 44.7 Å². The van der Waals surface area contributed by atoms with Crippen LogP contribution in [0, 0.1) is 5.92 Å². The Labute approximate surface area is 167 Å². The van der Waals surface area contributed by atoms with Gasteiger partial charge < -0.3 is 15.5 Å². The van der Waals surface area contributed by atoms with Gasteiger partial charge in [0, 0.05) is 48.0 Å². The Morgan fingerprint density at radius 1 is 1.29 bits per heavy atom. The molecule has 2 rings (SSSR count). The fraction of sp³-hybridized carbons (Fsp3) is 0.941. The number of hydrogen-bond acceptors (Lipinski definition) is 3. The van der Waals surface area contributed by atoms with Crippen molar-refractivity contribution in [2.75, 3.05) is 39.0 Å². The van der Waals surface area contributed by atoms with E-state index in [1.54, 1.807) is 0 Å². The fourth-order valence-electron chi connectivity index (χ4n) is 3.75. The first-order chi connectivity index (χ1) is 11.2. The molecule has 5 nitrogen and oxygen atoms in total. The smallest absolute Gasteiger partial charge is 0.191 e. The molecule has 7 heteroatoms. The minimum atomic E-state index is -0.667. The van der Waals surface area contributed by atoms with E-state index < -0.39 is 10.8 Å². The summed E-state index contributed by atoms with van der Waals surface area (Å²) in [6.45, 7) is 8.82. The van der Waals surface area contributed by atoms with Crippen molar-refractivity contribution in [3.05, 3.63) is 0 Å². The molecular weight excluding hydrogens is 435 g/mol. The Bertz CT molecular complexity index is 421. The molecule has 1 aliphatic heterocycles. The largest absolute Gasteiger partial charge is 0.356 e. The van der Waals surface area contributed by atoms with Crippen molar-refractivity contribution < 1.29 is 4.21 Å². The van der Waals surface area contributed by atoms with E-state index in [0.717, 1.165) is 50.0 Å². The molecule has 0 radical (unpaired) electrons. The lowest BCUT2D eigenvalue weighted by molar-refractivity contribution is 0.341. The van der Waals surface area contributed by atoms with Gasteiger partial charge in [-0.3, -0.25) is 9.20 Å². The third-order valence-corrected chi connectivity index (χ3v) is 6.96. The van der Waals surface area contributed by atoms with Crippen molar-refractivity contribution in [3.63, 3.8) is 0 Å². The first-order valence-corrected chi connectivity index (χ1v) is 10.6. The van der Waals surface area contributed by atoms with E-state index in [1.807, 2.05) is 14.0 Å². The van der Waals surface area contributed by atoms with Gasteiger partial charge in [-0.25, -0.2) is 0 Å². The lowest BCUT2D eigenvalue weighted by Crippen LogP contribution is -2.47. The van der Waals surface area contributed by atoms with Gasteiger partial charge in [0.15, 0.2) is 5.96 Å². The third kappa shape index (κ3) is 6.78. The highest BCUT2D eigenvalue weighted by molar-refractivity contribution is 14.0. The van der Waals surface area contributed by atoms with Gasteiger partial charge >= 0.3 is 0 Å². The van der Waals surface area contributed by atoms with Crippen LogP contribution >= 0.6 is 24.0 Å². The van der Waals surface area contributed by atoms with Crippen LogP contribution in [0.2, 0.25) is 0 Å². The second-order valence-electron chi connectivity index (χ2n) is 6.80. The molecule has 0 spiro atoms. The second-order valence-corrected chi connectivity index (χ2v) is 8.81. The number of likely N-dealkylation sites (tertiary alicyclic amines) is 1. The molecule has 2 aliphatic rings. The van der Waals surface area contributed by atoms with Crippen LogP contribution in [0.1, 0.15) is 46.0 Å². The molecule has 0 aromatic carbocycles. The molecule has 142 valence electrons. The zero-order valence-electron chi connectivity index (χ0n) is 15.4. The maximum atomic E-state index is 12.1. The Morgan fingerprint density at radius 3 is 2.71 bits per heavy atom. The fourth-order valence-corrected chi connectivity index (χ4v) is 5.09. The summed E-state index contributed by atoms with van der Waals surface area (Å²) >= 11 is 0. The quantitative estimate of drug-likeness (QED) is 0.355. The molecule has 24 heavy (non-hydrogen) atoms. The van der Waals surface area contributed by atoms with Crippen molar-refractivity contribution in [3.8, 4) is 0 Å². The topological polar surface area (TPSA) is 56.7 Å². The van der Waals surface area contributed by atoms with E-state index in [2.05, 4.69) is 27.4 Å². The lowest BCUT2D eigenvalue weighted by atomic mass is 9.95. The van der Waals surface area contributed by atoms with Crippen LogP contribution in [-0.4, -0.2) is 65.3 Å². The summed E-state index contributed by atoms with van der Waals surface area (Å²) in [5.41, 5.74) is 0. The van der Waals surface area contributed by atoms with Crippen LogP contribution in [0.4, 0.5) is 0 Å². The molecule has 4 atom stereocenters. The molecule has 2 N–H and O–H groups in total. The predicted octanol–water partition coefficient (Wildman–Crippen LogP) is 2.19. The van der Waals surface area contributed by atoms with Crippen molar-refractivity contribution >= 4 is 40.7 Å². The number of halogens is 1. The number of hydrogen-bond donors (Lipinski definition) is 2. The van der Waals surface area contributed by atoms with Crippen LogP contribution in [-0.2, 0) is 10.8 Å². The van der Waals surface area contributed by atoms with Gasteiger partial charge in [0.2, 0.25) is 0 Å². The van der Waals surface area contributed by atoms with E-state index in [9.17, 15) is 4.21 Å². The summed E-state index contributed by atoms with van der Waals surface area (Å²) in [4.78, 5) is 6.89. The summed E-state index contributed by atoms with van der Waals surface area (Å²) < 4.78 is 12.1. The van der Waals surface area contributed by atoms with Gasteiger partial charge in [-0.15, -0.1) is 24.0 Å². The normalized spacial score (nSPS) is 29.8. The van der Waals surface area contributed by atoms with Gasteiger partial charge in [0.1, 0.15) is 0 Å². The first-order valence-electron chi connectivity index (χ1n) is 9.22. The van der Waals surface area contributed by atoms with E-state index in [4.69, 9.17) is 0 Å². The summed E-state index contributed by atoms with van der Waals surface area (Å²) in [5, 5.41) is 7.41. The minimum Gasteiger partial charge on any atom is -0.356 e. The molecule has 1 saturated heterocycles. The van der Waals surface area contributed by atoms with Crippen molar-refractivity contribution in [2.24, 2.45) is 10.9 Å². The molecule has 0 amide bonds. The van der Waals surface area contributed by atoms with Crippen LogP contribution in [0.15, 0.2) is 4.99 Å². The molecule has 1 aliphatic carbocycles. The highest BCUT2D eigenvalue weighted by Crippen LogP contribution is 2.23. The van der Waals surface area contributed by atoms with Crippen molar-refractivity contribution in [2.45, 2.75) is 57.2 Å². The average Bonchev–Trinajstić information content (AvgIpc) is 3.06. The summed E-state index contributed by atoms with van der Waals surface area (Å²) in [6, 6.07) is 0.408. The van der Waals surface area contributed by atoms with Crippen molar-refractivity contribution in [1.29, 1.82) is 0 Å². The van der Waals surface area contributed by atoms with Crippen LogP contribution in [0.25, 0.3) is 0 Å². The molecular formula is C17H35IN4OS. The standard InChI is InChI=1S/C17H34N4OS.HI/c1-4-21-10-9-14(13-21)12-19-17(18-3)20-15-7-6-8-16(11-15)23(22)5-2;/h14-16H,4-13H2,1-3H3,(H2,18,19,20);1H. The van der Waals surface area contributed by atoms with Gasteiger partial charge in [0.25, 0.3) is 0 Å². The minimum absolute atomic E-state index is 0. The predicted molar refractivity (Wildman–Crippen MR) is 115 cm³/mol. The van der Waals surface area contributed by atoms with E-state index in [1.165, 1.54) is 25.9 Å². The SMILES string of the molecule is CCN1CCC(CNC(=NC)NC2CCCC(S(=O)CC)C2)C1.I. The number of guanidine groups is 1. The summed E-state index contributed by atoms with van der Waals surface area (Å²) in [6.07, 6.45) is 5.72. The van der Waals surface area contributed by atoms with E-state index in [-0.39, 0.29) is 24.0 Å². The molecule has 4 unspecified atom stereocenters. The molecule has 1 saturated carbocycles. The number of aliphatic imine (C=N–C) groups is 1. The Hall–Kier alpha value is 0.110. The number of nitrogens with one attached hydrogen (secondary N) is 2. The zero-order valence-corrected chi connectivity index (χ0v) is 18.6. The second kappa shape index (κ2) is 11.7. The molecule has 0 aromatic heterocycles. The molecule has 0 bridgehead atoms. The molecule has 1 heterocycles. The van der Waals surface area contributed by atoms with Crippen LogP contribution in [0.3, 0.4) is 0 Å². The summed E-state index contributed by atoms with van der Waals surface area (Å²) in [7, 11) is 1.17. The number of nitrogens with zero attached hydrogens (tertiary/aromatic N) is 2. The van der Waals surface area contributed by atoms with Gasteiger partial charge in [-0.2, -0.15) is 0 Å². The molecule has 0 aromatic rings. The maximum absolute atomic E-state index is 12.1. The first kappa shape index (κ1) is 22.2. The maximum Gasteiger partial charge on any atom is 0.191 e. The third-order valence-electron chi connectivity index (χ3n) is 5.22. The Balaban J connectivity index is 0.00000288. The Kier molecular flexibility index (Phi) is 10.8. The van der Waals surface area contributed by atoms with Crippen molar-refractivity contribution in [1.82, 2.24) is 15.5 Å². The lowest BCUT2D eigenvalue weighted by Gasteiger charge is -2.30. The monoisotopic (exact) mass is 470 g/mol. The van der Waals surface area contributed by atoms with Gasteiger partial charge in [-0.1, -0.05) is 20.3 Å². The van der Waals surface area contributed by atoms with E-state index >= 15 is 0 Å². The van der Waals surface area contributed by atoms with Crippen LogP contribution in [0.5, 0.6) is 0 Å². The summed E-state index contributed by atoms with van der Waals surface area (Å²) in [5.74, 6) is 2.41. The van der Waals surface area contributed by atoms with E-state index in [0.29, 0.717) is 11.3 Å². The number of rotatable bonds is 6. The Morgan fingerprint density at radius 2 is 2.08 bits per heavy atom. The highest BCUT2D eigenvalue weighted by atomic mass is 127. The van der Waals surface area contributed by atoms with Gasteiger partial charge in [0.05, 0.1) is 0 Å². The van der Waals surface area contributed by atoms with Crippen LogP contribution < -0.4 is 10.6 Å².